The van der Waals surface area contributed by atoms with Crippen LogP contribution in [0.3, 0.4) is 0 Å². The molecule has 0 aliphatic rings. The van der Waals surface area contributed by atoms with E-state index in [9.17, 15) is 31.1 Å². The van der Waals surface area contributed by atoms with Gasteiger partial charge in [-0.25, -0.2) is 9.97 Å². The van der Waals surface area contributed by atoms with E-state index >= 15 is 0 Å². The first-order valence-electron chi connectivity index (χ1n) is 6.17. The lowest BCUT2D eigenvalue weighted by molar-refractivity contribution is -0.143. The number of aromatic nitrogens is 2. The van der Waals surface area contributed by atoms with E-state index in [2.05, 4.69) is 9.97 Å². The molecule has 2 aromatic rings. The summed E-state index contributed by atoms with van der Waals surface area (Å²) in [6, 6.07) is 1.60. The lowest BCUT2D eigenvalue weighted by atomic mass is 10.1. The SMILES string of the molecule is O=C(Nc1cc(C(F)(F)F)cc(C(F)(F)F)c1)c1cc(Cl)nc(Cl)n1. The molecule has 1 N–H and O–H groups in total. The molecule has 134 valence electrons. The van der Waals surface area contributed by atoms with Crippen molar-refractivity contribution in [3.8, 4) is 0 Å². The van der Waals surface area contributed by atoms with Gasteiger partial charge >= 0.3 is 12.4 Å². The van der Waals surface area contributed by atoms with Crippen LogP contribution in [0.25, 0.3) is 0 Å². The van der Waals surface area contributed by atoms with Crippen LogP contribution in [-0.2, 0) is 12.4 Å². The second-order valence-corrected chi connectivity index (χ2v) is 5.32. The Bertz CT molecular complexity index is 770. The number of carbonyl (C=O) groups is 1. The Morgan fingerprint density at radius 3 is 1.84 bits per heavy atom. The molecular formula is C13H5Cl2F6N3O. The summed E-state index contributed by atoms with van der Waals surface area (Å²) in [5, 5.41) is 1.24. The molecular weight excluding hydrogens is 399 g/mol. The first-order valence-corrected chi connectivity index (χ1v) is 6.93. The van der Waals surface area contributed by atoms with Gasteiger partial charge in [0, 0.05) is 11.8 Å². The van der Waals surface area contributed by atoms with E-state index in [1.807, 2.05) is 5.32 Å². The second-order valence-electron chi connectivity index (χ2n) is 4.59. The number of carbonyl (C=O) groups excluding carboxylic acids is 1. The minimum Gasteiger partial charge on any atom is -0.321 e. The Kier molecular flexibility index (Phi) is 5.14. The highest BCUT2D eigenvalue weighted by atomic mass is 35.5. The first-order chi connectivity index (χ1) is 11.4. The number of benzene rings is 1. The maximum Gasteiger partial charge on any atom is 0.416 e. The number of rotatable bonds is 2. The maximum absolute atomic E-state index is 12.8. The summed E-state index contributed by atoms with van der Waals surface area (Å²) < 4.78 is 76.6. The summed E-state index contributed by atoms with van der Waals surface area (Å²) in [5.74, 6) is -1.11. The predicted octanol–water partition coefficient (Wildman–Crippen LogP) is 5.07. The van der Waals surface area contributed by atoms with Crippen LogP contribution in [-0.4, -0.2) is 15.9 Å². The number of anilines is 1. The summed E-state index contributed by atoms with van der Waals surface area (Å²) in [6.07, 6.45) is -10.1. The molecule has 25 heavy (non-hydrogen) atoms. The van der Waals surface area contributed by atoms with Crippen molar-refractivity contribution in [3.05, 3.63) is 51.5 Å². The molecule has 2 rings (SSSR count). The van der Waals surface area contributed by atoms with Gasteiger partial charge in [0.2, 0.25) is 5.28 Å². The number of amides is 1. The fourth-order valence-electron chi connectivity index (χ4n) is 1.73. The predicted molar refractivity (Wildman–Crippen MR) is 76.5 cm³/mol. The third-order valence-electron chi connectivity index (χ3n) is 2.75. The van der Waals surface area contributed by atoms with Crippen molar-refractivity contribution in [1.82, 2.24) is 9.97 Å². The standard InChI is InChI=1S/C13H5Cl2F6N3O/c14-9-4-8(23-11(15)24-9)10(25)22-7-2-5(12(16,17)18)1-6(3-7)13(19,20)21/h1-4H,(H,22,25). The van der Waals surface area contributed by atoms with E-state index in [1.54, 1.807) is 0 Å². The Balaban J connectivity index is 2.42. The molecule has 0 aliphatic heterocycles. The number of nitrogens with one attached hydrogen (secondary N) is 1. The van der Waals surface area contributed by atoms with Crippen molar-refractivity contribution in [3.63, 3.8) is 0 Å². The molecule has 0 aliphatic carbocycles. The van der Waals surface area contributed by atoms with Crippen LogP contribution in [0, 0.1) is 0 Å². The van der Waals surface area contributed by atoms with Crippen LogP contribution in [0.15, 0.2) is 24.3 Å². The first kappa shape index (κ1) is 19.3. The maximum atomic E-state index is 12.8. The van der Waals surface area contributed by atoms with Gasteiger partial charge in [0.05, 0.1) is 11.1 Å². The highest BCUT2D eigenvalue weighted by Gasteiger charge is 2.37. The zero-order valence-electron chi connectivity index (χ0n) is 11.6. The fraction of sp³-hybridized carbons (Fsp3) is 0.154. The van der Waals surface area contributed by atoms with Crippen LogP contribution >= 0.6 is 23.2 Å². The molecule has 0 saturated carbocycles. The summed E-state index contributed by atoms with van der Waals surface area (Å²) in [6.45, 7) is 0. The van der Waals surface area contributed by atoms with E-state index in [-0.39, 0.29) is 11.2 Å². The molecule has 0 spiro atoms. The van der Waals surface area contributed by atoms with Gasteiger partial charge in [0.15, 0.2) is 0 Å². The van der Waals surface area contributed by atoms with E-state index in [1.165, 1.54) is 0 Å². The van der Waals surface area contributed by atoms with Gasteiger partial charge in [-0.1, -0.05) is 11.6 Å². The van der Waals surface area contributed by atoms with Gasteiger partial charge in [0.1, 0.15) is 10.8 Å². The number of nitrogens with zero attached hydrogens (tertiary/aromatic N) is 2. The Hall–Kier alpha value is -2.07. The molecule has 1 amide bonds. The summed E-state index contributed by atoms with van der Waals surface area (Å²) >= 11 is 11.0. The van der Waals surface area contributed by atoms with Crippen LogP contribution in [0.5, 0.6) is 0 Å². The normalized spacial score (nSPS) is 12.2. The molecule has 0 bridgehead atoms. The van der Waals surface area contributed by atoms with Crippen molar-refractivity contribution in [2.45, 2.75) is 12.4 Å². The lowest BCUT2D eigenvalue weighted by Gasteiger charge is -2.14. The quantitative estimate of drug-likeness (QED) is 0.432. The lowest BCUT2D eigenvalue weighted by Crippen LogP contribution is -2.17. The molecule has 0 fully saturated rings. The number of hydrogen-bond donors (Lipinski definition) is 1. The summed E-state index contributed by atoms with van der Waals surface area (Å²) in [5.41, 5.74) is -4.30. The zero-order chi connectivity index (χ0) is 19.0. The third-order valence-corrected chi connectivity index (χ3v) is 3.11. The fourth-order valence-corrected chi connectivity index (χ4v) is 2.14. The van der Waals surface area contributed by atoms with E-state index in [4.69, 9.17) is 23.2 Å². The van der Waals surface area contributed by atoms with Gasteiger partial charge in [-0.15, -0.1) is 0 Å². The monoisotopic (exact) mass is 403 g/mol. The van der Waals surface area contributed by atoms with E-state index in [0.717, 1.165) is 6.07 Å². The molecule has 1 aromatic heterocycles. The molecule has 0 saturated heterocycles. The van der Waals surface area contributed by atoms with Gasteiger partial charge in [-0.3, -0.25) is 4.79 Å². The summed E-state index contributed by atoms with van der Waals surface area (Å²) in [7, 11) is 0. The van der Waals surface area contributed by atoms with Crippen LogP contribution < -0.4 is 5.32 Å². The van der Waals surface area contributed by atoms with Gasteiger partial charge in [-0.2, -0.15) is 26.3 Å². The van der Waals surface area contributed by atoms with Crippen molar-refractivity contribution < 1.29 is 31.1 Å². The van der Waals surface area contributed by atoms with Crippen molar-refractivity contribution >= 4 is 34.8 Å². The molecule has 4 nitrogen and oxygen atoms in total. The molecule has 12 heteroatoms. The van der Waals surface area contributed by atoms with Gasteiger partial charge in [0.25, 0.3) is 5.91 Å². The van der Waals surface area contributed by atoms with Crippen LogP contribution in [0.4, 0.5) is 32.0 Å². The average Bonchev–Trinajstić information content (AvgIpc) is 2.44. The van der Waals surface area contributed by atoms with Crippen molar-refractivity contribution in [1.29, 1.82) is 0 Å². The molecule has 0 atom stereocenters. The molecule has 0 unspecified atom stereocenters. The average molecular weight is 404 g/mol. The largest absolute Gasteiger partial charge is 0.416 e. The van der Waals surface area contributed by atoms with Gasteiger partial charge < -0.3 is 5.32 Å². The van der Waals surface area contributed by atoms with Crippen LogP contribution in [0.2, 0.25) is 10.4 Å². The molecule has 1 aromatic carbocycles. The van der Waals surface area contributed by atoms with Crippen molar-refractivity contribution in [2.75, 3.05) is 5.32 Å². The van der Waals surface area contributed by atoms with Gasteiger partial charge in [-0.05, 0) is 29.8 Å². The highest BCUT2D eigenvalue weighted by molar-refractivity contribution is 6.32. The molecule has 1 heterocycles. The third kappa shape index (κ3) is 4.95. The second kappa shape index (κ2) is 6.68. The Morgan fingerprint density at radius 1 is 0.880 bits per heavy atom. The Labute approximate surface area is 145 Å². The van der Waals surface area contributed by atoms with E-state index in [0.29, 0.717) is 12.1 Å². The zero-order valence-corrected chi connectivity index (χ0v) is 13.1. The number of halogens is 8. The smallest absolute Gasteiger partial charge is 0.321 e. The summed E-state index contributed by atoms with van der Waals surface area (Å²) in [4.78, 5) is 18.9. The number of alkyl halides is 6. The topological polar surface area (TPSA) is 54.9 Å². The van der Waals surface area contributed by atoms with E-state index < -0.39 is 46.1 Å². The minimum atomic E-state index is -5.04. The highest BCUT2D eigenvalue weighted by Crippen LogP contribution is 2.37. The molecule has 0 radical (unpaired) electrons. The van der Waals surface area contributed by atoms with Crippen LogP contribution in [0.1, 0.15) is 21.6 Å². The van der Waals surface area contributed by atoms with Crippen molar-refractivity contribution in [2.24, 2.45) is 0 Å². The number of hydrogen-bond acceptors (Lipinski definition) is 3. The minimum absolute atomic E-state index is 0.0614. The Morgan fingerprint density at radius 2 is 1.40 bits per heavy atom.